The maximum absolute atomic E-state index is 12.3. The van der Waals surface area contributed by atoms with Crippen molar-refractivity contribution in [3.05, 3.63) is 42.0 Å². The maximum Gasteiger partial charge on any atom is 0.417 e. The van der Waals surface area contributed by atoms with Crippen LogP contribution in [-0.2, 0) is 12.7 Å². The molecule has 0 aromatic carbocycles. The minimum absolute atomic E-state index is 0.288. The molecule has 2 aromatic rings. The van der Waals surface area contributed by atoms with Crippen molar-refractivity contribution in [1.29, 1.82) is 0 Å². The van der Waals surface area contributed by atoms with Gasteiger partial charge in [0, 0.05) is 12.7 Å². The molecule has 2 rings (SSSR count). The second-order valence-corrected chi connectivity index (χ2v) is 4.58. The van der Waals surface area contributed by atoms with Crippen LogP contribution in [0.2, 0.25) is 0 Å². The van der Waals surface area contributed by atoms with E-state index in [1.165, 1.54) is 18.5 Å². The van der Waals surface area contributed by atoms with Gasteiger partial charge in [-0.1, -0.05) is 0 Å². The molecule has 0 bridgehead atoms. The summed E-state index contributed by atoms with van der Waals surface area (Å²) in [4.78, 5) is 11.8. The first kappa shape index (κ1) is 13.8. The first-order valence-corrected chi connectivity index (χ1v) is 6.03. The van der Waals surface area contributed by atoms with Crippen LogP contribution in [0.5, 0.6) is 0 Å². The monoisotopic (exact) mass is 286 g/mol. The molecule has 0 radical (unpaired) electrons. The SMILES string of the molecule is NCc1cnc(Sc2ccc(C(F)(F)F)cn2)cn1. The van der Waals surface area contributed by atoms with E-state index in [2.05, 4.69) is 15.0 Å². The van der Waals surface area contributed by atoms with Gasteiger partial charge in [-0.15, -0.1) is 0 Å². The second-order valence-electron chi connectivity index (χ2n) is 3.54. The van der Waals surface area contributed by atoms with Crippen LogP contribution in [0.3, 0.4) is 0 Å². The van der Waals surface area contributed by atoms with E-state index in [9.17, 15) is 13.2 Å². The van der Waals surface area contributed by atoms with E-state index >= 15 is 0 Å². The Morgan fingerprint density at radius 2 is 1.74 bits per heavy atom. The highest BCUT2D eigenvalue weighted by Gasteiger charge is 2.30. The average molecular weight is 286 g/mol. The molecule has 8 heteroatoms. The molecule has 100 valence electrons. The van der Waals surface area contributed by atoms with Crippen LogP contribution in [0.4, 0.5) is 13.2 Å². The van der Waals surface area contributed by atoms with Crippen molar-refractivity contribution in [1.82, 2.24) is 15.0 Å². The largest absolute Gasteiger partial charge is 0.417 e. The molecule has 0 aliphatic rings. The summed E-state index contributed by atoms with van der Waals surface area (Å²) in [5, 5.41) is 0.965. The molecule has 0 unspecified atom stereocenters. The molecule has 0 aliphatic heterocycles. The van der Waals surface area contributed by atoms with Crippen molar-refractivity contribution >= 4 is 11.8 Å². The molecule has 2 heterocycles. The summed E-state index contributed by atoms with van der Waals surface area (Å²) in [6, 6.07) is 2.28. The second kappa shape index (κ2) is 5.54. The Kier molecular flexibility index (Phi) is 4.01. The number of nitrogens with zero attached hydrogens (tertiary/aromatic N) is 3. The first-order valence-electron chi connectivity index (χ1n) is 5.21. The van der Waals surface area contributed by atoms with Gasteiger partial charge in [-0.2, -0.15) is 13.2 Å². The number of hydrogen-bond acceptors (Lipinski definition) is 5. The zero-order valence-corrected chi connectivity index (χ0v) is 10.4. The number of hydrogen-bond donors (Lipinski definition) is 1. The molecule has 19 heavy (non-hydrogen) atoms. The number of halogens is 3. The Labute approximate surface area is 111 Å². The van der Waals surface area contributed by atoms with Crippen LogP contribution in [0, 0.1) is 0 Å². The topological polar surface area (TPSA) is 64.7 Å². The predicted octanol–water partition coefficient (Wildman–Crippen LogP) is 2.50. The van der Waals surface area contributed by atoms with Crippen LogP contribution in [0.25, 0.3) is 0 Å². The minimum Gasteiger partial charge on any atom is -0.325 e. The lowest BCUT2D eigenvalue weighted by atomic mass is 10.3. The fourth-order valence-electron chi connectivity index (χ4n) is 1.22. The third kappa shape index (κ3) is 3.65. The molecule has 2 N–H and O–H groups in total. The molecule has 0 fully saturated rings. The van der Waals surface area contributed by atoms with Gasteiger partial charge in [0.1, 0.15) is 10.1 Å². The van der Waals surface area contributed by atoms with Gasteiger partial charge in [0.2, 0.25) is 0 Å². The van der Waals surface area contributed by atoms with Crippen LogP contribution >= 0.6 is 11.8 Å². The van der Waals surface area contributed by atoms with Gasteiger partial charge < -0.3 is 5.73 Å². The third-order valence-corrected chi connectivity index (χ3v) is 3.03. The fraction of sp³-hybridized carbons (Fsp3) is 0.182. The number of nitrogens with two attached hydrogens (primary N) is 1. The fourth-order valence-corrected chi connectivity index (χ4v) is 1.88. The number of pyridine rings is 1. The first-order chi connectivity index (χ1) is 8.99. The molecule has 4 nitrogen and oxygen atoms in total. The Morgan fingerprint density at radius 3 is 2.21 bits per heavy atom. The van der Waals surface area contributed by atoms with Crippen molar-refractivity contribution in [2.75, 3.05) is 0 Å². The highest BCUT2D eigenvalue weighted by molar-refractivity contribution is 7.99. The van der Waals surface area contributed by atoms with Gasteiger partial charge in [-0.25, -0.2) is 9.97 Å². The minimum atomic E-state index is -4.38. The molecule has 0 saturated carbocycles. The van der Waals surface area contributed by atoms with E-state index in [0.29, 0.717) is 15.7 Å². The summed E-state index contributed by atoms with van der Waals surface area (Å²) in [6.07, 6.45) is -0.554. The molecule has 0 spiro atoms. The van der Waals surface area contributed by atoms with Crippen molar-refractivity contribution in [3.8, 4) is 0 Å². The smallest absolute Gasteiger partial charge is 0.325 e. The number of rotatable bonds is 3. The summed E-state index contributed by atoms with van der Waals surface area (Å²) in [6.45, 7) is 0.288. The normalized spacial score (nSPS) is 11.6. The number of aromatic nitrogens is 3. The highest BCUT2D eigenvalue weighted by Crippen LogP contribution is 2.30. The van der Waals surface area contributed by atoms with Gasteiger partial charge in [-0.3, -0.25) is 4.98 Å². The maximum atomic E-state index is 12.3. The molecular formula is C11H9F3N4S. The van der Waals surface area contributed by atoms with Crippen molar-refractivity contribution in [2.45, 2.75) is 22.8 Å². The molecule has 0 aliphatic carbocycles. The van der Waals surface area contributed by atoms with Gasteiger partial charge >= 0.3 is 6.18 Å². The van der Waals surface area contributed by atoms with Crippen molar-refractivity contribution < 1.29 is 13.2 Å². The van der Waals surface area contributed by atoms with Crippen molar-refractivity contribution in [2.24, 2.45) is 5.73 Å². The van der Waals surface area contributed by atoms with Gasteiger partial charge in [0.25, 0.3) is 0 Å². The van der Waals surface area contributed by atoms with Crippen LogP contribution in [-0.4, -0.2) is 15.0 Å². The number of alkyl halides is 3. The van der Waals surface area contributed by atoms with E-state index in [-0.39, 0.29) is 6.54 Å². The third-order valence-electron chi connectivity index (χ3n) is 2.16. The Bertz CT molecular complexity index is 539. The summed E-state index contributed by atoms with van der Waals surface area (Å²) in [7, 11) is 0. The lowest BCUT2D eigenvalue weighted by Crippen LogP contribution is -2.05. The van der Waals surface area contributed by atoms with E-state index in [0.717, 1.165) is 24.0 Å². The average Bonchev–Trinajstić information content (AvgIpc) is 2.39. The van der Waals surface area contributed by atoms with Gasteiger partial charge in [-0.05, 0) is 23.9 Å². The molecule has 2 aromatic heterocycles. The van der Waals surface area contributed by atoms with Gasteiger partial charge in [0.05, 0.1) is 23.7 Å². The zero-order valence-electron chi connectivity index (χ0n) is 9.55. The molecule has 0 atom stereocenters. The summed E-state index contributed by atoms with van der Waals surface area (Å²) in [5.74, 6) is 0. The molecular weight excluding hydrogens is 277 g/mol. The highest BCUT2D eigenvalue weighted by atomic mass is 32.2. The lowest BCUT2D eigenvalue weighted by molar-refractivity contribution is -0.137. The van der Waals surface area contributed by atoms with E-state index in [1.807, 2.05) is 0 Å². The Morgan fingerprint density at radius 1 is 1.00 bits per heavy atom. The standard InChI is InChI=1S/C11H9F3N4S/c12-11(13,14)7-1-2-9(17-4-7)19-10-6-16-8(3-15)5-18-10/h1-2,4-6H,3,15H2. The molecule has 0 saturated heterocycles. The Hall–Kier alpha value is -1.67. The lowest BCUT2D eigenvalue weighted by Gasteiger charge is -2.06. The summed E-state index contributed by atoms with van der Waals surface area (Å²) >= 11 is 1.13. The van der Waals surface area contributed by atoms with Gasteiger partial charge in [0.15, 0.2) is 0 Å². The summed E-state index contributed by atoms with van der Waals surface area (Å²) < 4.78 is 37.0. The zero-order chi connectivity index (χ0) is 13.9. The predicted molar refractivity (Wildman–Crippen MR) is 63.3 cm³/mol. The molecule has 0 amide bonds. The van der Waals surface area contributed by atoms with E-state index < -0.39 is 11.7 Å². The van der Waals surface area contributed by atoms with Crippen LogP contribution < -0.4 is 5.73 Å². The van der Waals surface area contributed by atoms with E-state index in [4.69, 9.17) is 5.73 Å². The van der Waals surface area contributed by atoms with E-state index in [1.54, 1.807) is 0 Å². The van der Waals surface area contributed by atoms with Crippen LogP contribution in [0.1, 0.15) is 11.3 Å². The van der Waals surface area contributed by atoms with Crippen molar-refractivity contribution in [3.63, 3.8) is 0 Å². The quantitative estimate of drug-likeness (QED) is 0.939. The summed E-state index contributed by atoms with van der Waals surface area (Å²) in [5.41, 5.74) is 5.25. The van der Waals surface area contributed by atoms with Crippen LogP contribution in [0.15, 0.2) is 40.8 Å². The Balaban J connectivity index is 2.10.